The van der Waals surface area contributed by atoms with Crippen LogP contribution in [0.4, 0.5) is 5.69 Å². The van der Waals surface area contributed by atoms with E-state index in [2.05, 4.69) is 10.1 Å². The summed E-state index contributed by atoms with van der Waals surface area (Å²) in [4.78, 5) is 27.0. The van der Waals surface area contributed by atoms with E-state index in [1.807, 2.05) is 0 Å². The number of ether oxygens (including phenoxy) is 1. The van der Waals surface area contributed by atoms with Gasteiger partial charge in [0.2, 0.25) is 0 Å². The summed E-state index contributed by atoms with van der Waals surface area (Å²) in [5.74, 6) is -1.29. The fraction of sp³-hybridized carbons (Fsp3) is 0.125. The second kappa shape index (κ2) is 5.38. The van der Waals surface area contributed by atoms with Gasteiger partial charge in [0.05, 0.1) is 4.90 Å². The van der Waals surface area contributed by atoms with Crippen LogP contribution in [0, 0.1) is 0 Å². The topological polar surface area (TPSA) is 105 Å². The summed E-state index contributed by atoms with van der Waals surface area (Å²) in [7, 11) is -4.07. The number of carbonyl (C=O) groups is 2. The van der Waals surface area contributed by atoms with E-state index in [4.69, 9.17) is 4.74 Å². The van der Waals surface area contributed by atoms with Gasteiger partial charge in [0.15, 0.2) is 0 Å². The lowest BCUT2D eigenvalue weighted by molar-refractivity contribution is -0.158. The van der Waals surface area contributed by atoms with Crippen LogP contribution in [-0.4, -0.2) is 31.8 Å². The molecule has 1 unspecified atom stereocenters. The number of nitrogens with one attached hydrogen (secondary N) is 2. The highest BCUT2D eigenvalue weighted by molar-refractivity contribution is 7.89. The van der Waals surface area contributed by atoms with Crippen molar-refractivity contribution >= 4 is 27.5 Å². The zero-order valence-electron chi connectivity index (χ0n) is 12.8. The van der Waals surface area contributed by atoms with Crippen molar-refractivity contribution in [1.82, 2.24) is 9.84 Å². The van der Waals surface area contributed by atoms with Crippen LogP contribution in [0.3, 0.4) is 0 Å². The Balaban J connectivity index is 1.79. The fourth-order valence-electron chi connectivity index (χ4n) is 2.94. The predicted molar refractivity (Wildman–Crippen MR) is 86.3 cm³/mol. The highest BCUT2D eigenvalue weighted by Gasteiger charge is 2.60. The number of rotatable bonds is 3. The van der Waals surface area contributed by atoms with Gasteiger partial charge in [-0.05, 0) is 18.2 Å². The molecule has 2 amide bonds. The molecule has 2 aromatic carbocycles. The van der Waals surface area contributed by atoms with Gasteiger partial charge in [-0.2, -0.15) is 0 Å². The Labute approximate surface area is 143 Å². The third-order valence-electron chi connectivity index (χ3n) is 4.08. The Morgan fingerprint density at radius 3 is 2.48 bits per heavy atom. The number of fused-ring (bicyclic) bond motifs is 2. The van der Waals surface area contributed by atoms with Gasteiger partial charge in [0.1, 0.15) is 6.61 Å². The van der Waals surface area contributed by atoms with Gasteiger partial charge in [-0.3, -0.25) is 9.59 Å². The maximum absolute atomic E-state index is 12.6. The molecule has 1 fully saturated rings. The van der Waals surface area contributed by atoms with Gasteiger partial charge < -0.3 is 10.1 Å². The zero-order valence-corrected chi connectivity index (χ0v) is 13.6. The number of benzene rings is 2. The van der Waals surface area contributed by atoms with Crippen LogP contribution < -0.4 is 10.1 Å². The number of nitrogens with zero attached hydrogens (tertiary/aromatic N) is 1. The maximum Gasteiger partial charge on any atom is 0.284 e. The Bertz CT molecular complexity index is 976. The zero-order chi connectivity index (χ0) is 17.7. The normalized spacial score (nSPS) is 22.3. The van der Waals surface area contributed by atoms with E-state index in [1.165, 1.54) is 12.1 Å². The number of amides is 2. The van der Waals surface area contributed by atoms with E-state index >= 15 is 0 Å². The molecule has 2 aromatic rings. The summed E-state index contributed by atoms with van der Waals surface area (Å²) < 4.78 is 30.7. The number of hydrogen-bond acceptors (Lipinski definition) is 5. The SMILES string of the molecule is O=C1COC2(C(=O)Nc3ccccc32)N1NS(=O)(=O)c1ccccc1. The molecule has 0 aromatic heterocycles. The first kappa shape index (κ1) is 15.8. The fourth-order valence-corrected chi connectivity index (χ4v) is 4.03. The Kier molecular flexibility index (Phi) is 3.39. The minimum Gasteiger partial charge on any atom is -0.332 e. The lowest BCUT2D eigenvalue weighted by atomic mass is 10.0. The van der Waals surface area contributed by atoms with Crippen LogP contribution in [0.1, 0.15) is 5.56 Å². The van der Waals surface area contributed by atoms with Gasteiger partial charge in [0.25, 0.3) is 27.6 Å². The molecule has 0 bridgehead atoms. The Morgan fingerprint density at radius 1 is 1.04 bits per heavy atom. The van der Waals surface area contributed by atoms with Crippen LogP contribution in [-0.2, 0) is 30.1 Å². The molecule has 25 heavy (non-hydrogen) atoms. The minimum absolute atomic E-state index is 0.0310. The molecule has 0 radical (unpaired) electrons. The number of sulfonamides is 1. The van der Waals surface area contributed by atoms with Gasteiger partial charge in [-0.1, -0.05) is 36.4 Å². The van der Waals surface area contributed by atoms with Crippen molar-refractivity contribution in [3.8, 4) is 0 Å². The molecule has 2 N–H and O–H groups in total. The van der Waals surface area contributed by atoms with E-state index in [0.29, 0.717) is 11.3 Å². The lowest BCUT2D eigenvalue weighted by Crippen LogP contribution is -2.57. The van der Waals surface area contributed by atoms with Crippen molar-refractivity contribution in [3.63, 3.8) is 0 Å². The second-order valence-electron chi connectivity index (χ2n) is 5.57. The van der Waals surface area contributed by atoms with Crippen molar-refractivity contribution < 1.29 is 22.7 Å². The van der Waals surface area contributed by atoms with Gasteiger partial charge in [0, 0.05) is 11.3 Å². The van der Waals surface area contributed by atoms with Gasteiger partial charge in [-0.25, -0.2) is 13.4 Å². The van der Waals surface area contributed by atoms with Crippen LogP contribution >= 0.6 is 0 Å². The number of carbonyl (C=O) groups excluding carboxylic acids is 2. The van der Waals surface area contributed by atoms with E-state index in [0.717, 1.165) is 5.01 Å². The molecule has 1 spiro atoms. The second-order valence-corrected chi connectivity index (χ2v) is 7.23. The Hall–Kier alpha value is -2.75. The summed E-state index contributed by atoms with van der Waals surface area (Å²) in [5, 5.41) is 3.36. The van der Waals surface area contributed by atoms with Crippen LogP contribution in [0.15, 0.2) is 59.5 Å². The van der Waals surface area contributed by atoms with Crippen LogP contribution in [0.25, 0.3) is 0 Å². The lowest BCUT2D eigenvalue weighted by Gasteiger charge is -2.31. The van der Waals surface area contributed by atoms with E-state index < -0.39 is 34.2 Å². The Morgan fingerprint density at radius 2 is 1.72 bits per heavy atom. The van der Waals surface area contributed by atoms with E-state index in [1.54, 1.807) is 42.5 Å². The van der Waals surface area contributed by atoms with Gasteiger partial charge in [-0.15, -0.1) is 4.83 Å². The monoisotopic (exact) mass is 359 g/mol. The van der Waals surface area contributed by atoms with Crippen molar-refractivity contribution in [2.24, 2.45) is 0 Å². The van der Waals surface area contributed by atoms with E-state index in [-0.39, 0.29) is 4.90 Å². The summed E-state index contributed by atoms with van der Waals surface area (Å²) in [6, 6.07) is 14.2. The molecule has 2 aliphatic rings. The molecule has 0 saturated carbocycles. The third kappa shape index (κ3) is 2.24. The molecule has 1 atom stereocenters. The molecular weight excluding hydrogens is 346 g/mol. The minimum atomic E-state index is -4.07. The number of hydrazine groups is 1. The van der Waals surface area contributed by atoms with Gasteiger partial charge >= 0.3 is 0 Å². The van der Waals surface area contributed by atoms with Crippen molar-refractivity contribution in [3.05, 3.63) is 60.2 Å². The first-order chi connectivity index (χ1) is 11.9. The largest absolute Gasteiger partial charge is 0.332 e. The maximum atomic E-state index is 12.6. The number of para-hydroxylation sites is 1. The molecule has 2 heterocycles. The highest BCUT2D eigenvalue weighted by Crippen LogP contribution is 2.43. The smallest absolute Gasteiger partial charge is 0.284 e. The van der Waals surface area contributed by atoms with Crippen molar-refractivity contribution in [2.75, 3.05) is 11.9 Å². The summed E-state index contributed by atoms with van der Waals surface area (Å²) in [6.45, 7) is -0.418. The standard InChI is InChI=1S/C16H13N3O5S/c20-14-10-24-16(12-8-4-5-9-13(12)17-15(16)21)19(14)18-25(22,23)11-6-2-1-3-7-11/h1-9,18H,10H2,(H,17,21). The molecular formula is C16H13N3O5S. The van der Waals surface area contributed by atoms with Crippen LogP contribution in [0.5, 0.6) is 0 Å². The predicted octanol–water partition coefficient (Wildman–Crippen LogP) is 0.544. The van der Waals surface area contributed by atoms with E-state index in [9.17, 15) is 18.0 Å². The van der Waals surface area contributed by atoms with Crippen LogP contribution in [0.2, 0.25) is 0 Å². The molecule has 2 aliphatic heterocycles. The average molecular weight is 359 g/mol. The average Bonchev–Trinajstić information content (AvgIpc) is 3.08. The molecule has 0 aliphatic carbocycles. The molecule has 9 heteroatoms. The number of hydrogen-bond donors (Lipinski definition) is 2. The highest BCUT2D eigenvalue weighted by atomic mass is 32.2. The summed E-state index contributed by atoms with van der Waals surface area (Å²) in [5.41, 5.74) is -1.01. The molecule has 8 nitrogen and oxygen atoms in total. The number of anilines is 1. The third-order valence-corrected chi connectivity index (χ3v) is 5.40. The quantitative estimate of drug-likeness (QED) is 0.832. The molecule has 128 valence electrons. The first-order valence-corrected chi connectivity index (χ1v) is 8.89. The van der Waals surface area contributed by atoms with Crippen molar-refractivity contribution in [1.29, 1.82) is 0 Å². The van der Waals surface area contributed by atoms with Crippen molar-refractivity contribution in [2.45, 2.75) is 10.6 Å². The first-order valence-electron chi connectivity index (χ1n) is 7.41. The molecule has 1 saturated heterocycles. The summed E-state index contributed by atoms with van der Waals surface area (Å²) in [6.07, 6.45) is 0. The summed E-state index contributed by atoms with van der Waals surface area (Å²) >= 11 is 0. The molecule has 4 rings (SSSR count).